The summed E-state index contributed by atoms with van der Waals surface area (Å²) in [4.78, 5) is 3.86. The molecule has 0 aliphatic carbocycles. The molecule has 2 unspecified atom stereocenters. The van der Waals surface area contributed by atoms with Crippen LogP contribution in [0.25, 0.3) is 0 Å². The Balaban J connectivity index is 2.44. The quantitative estimate of drug-likeness (QED) is 0.904. The number of nitrogens with zero attached hydrogens (tertiary/aromatic N) is 4. The topological polar surface area (TPSA) is 80.5 Å². The minimum Gasteiger partial charge on any atom is -0.326 e. The molecule has 0 aliphatic heterocycles. The van der Waals surface area contributed by atoms with Crippen LogP contribution in [0.2, 0.25) is 0 Å². The van der Waals surface area contributed by atoms with Crippen molar-refractivity contribution in [2.75, 3.05) is 0 Å². The van der Waals surface area contributed by atoms with Crippen molar-refractivity contribution in [3.05, 3.63) is 47.8 Å². The van der Waals surface area contributed by atoms with E-state index in [0.717, 1.165) is 0 Å². The second-order valence-electron chi connectivity index (χ2n) is 4.23. The van der Waals surface area contributed by atoms with Crippen LogP contribution < -0.4 is 5.73 Å². The molecule has 2 rings (SSSR count). The van der Waals surface area contributed by atoms with Crippen LogP contribution in [0.4, 0.5) is 4.39 Å². The van der Waals surface area contributed by atoms with Gasteiger partial charge in [-0.2, -0.15) is 5.26 Å². The van der Waals surface area contributed by atoms with Gasteiger partial charge in [-0.1, -0.05) is 19.1 Å². The van der Waals surface area contributed by atoms with Crippen LogP contribution in [0.3, 0.4) is 0 Å². The molecule has 1 aromatic heterocycles. The molecule has 6 heteroatoms. The molecule has 19 heavy (non-hydrogen) atoms. The highest BCUT2D eigenvalue weighted by Gasteiger charge is 2.22. The van der Waals surface area contributed by atoms with Gasteiger partial charge in [-0.25, -0.2) is 14.1 Å². The zero-order valence-corrected chi connectivity index (χ0v) is 10.5. The molecule has 0 radical (unpaired) electrons. The third kappa shape index (κ3) is 2.77. The molecule has 2 N–H and O–H groups in total. The third-order valence-electron chi connectivity index (χ3n) is 2.96. The van der Waals surface area contributed by atoms with Crippen LogP contribution in [0.15, 0.2) is 30.6 Å². The Morgan fingerprint density at radius 3 is 2.89 bits per heavy atom. The number of benzene rings is 1. The summed E-state index contributed by atoms with van der Waals surface area (Å²) >= 11 is 0. The maximum atomic E-state index is 13.3. The third-order valence-corrected chi connectivity index (χ3v) is 2.96. The van der Waals surface area contributed by atoms with Gasteiger partial charge < -0.3 is 5.73 Å². The van der Waals surface area contributed by atoms with E-state index in [0.29, 0.717) is 12.0 Å². The lowest BCUT2D eigenvalue weighted by Gasteiger charge is -2.23. The SMILES string of the molecule is CCC(N)C(c1cccc(F)c1)n1cnc(C#N)n1. The molecule has 0 amide bonds. The summed E-state index contributed by atoms with van der Waals surface area (Å²) in [7, 11) is 0. The second-order valence-corrected chi connectivity index (χ2v) is 4.23. The largest absolute Gasteiger partial charge is 0.326 e. The fraction of sp³-hybridized carbons (Fsp3) is 0.308. The highest BCUT2D eigenvalue weighted by molar-refractivity contribution is 5.22. The number of hydrogen-bond acceptors (Lipinski definition) is 4. The lowest BCUT2D eigenvalue weighted by molar-refractivity contribution is 0.421. The van der Waals surface area contributed by atoms with Gasteiger partial charge >= 0.3 is 0 Å². The number of nitriles is 1. The molecule has 5 nitrogen and oxygen atoms in total. The number of nitrogens with two attached hydrogens (primary N) is 1. The van der Waals surface area contributed by atoms with Crippen LogP contribution >= 0.6 is 0 Å². The Hall–Kier alpha value is -2.26. The lowest BCUT2D eigenvalue weighted by atomic mass is 9.98. The number of rotatable bonds is 4. The molecule has 0 bridgehead atoms. The fourth-order valence-electron chi connectivity index (χ4n) is 1.97. The van der Waals surface area contributed by atoms with Crippen molar-refractivity contribution in [2.45, 2.75) is 25.4 Å². The summed E-state index contributed by atoms with van der Waals surface area (Å²) in [6.45, 7) is 1.94. The number of aromatic nitrogens is 3. The molecule has 0 fully saturated rings. The normalized spacial score (nSPS) is 13.8. The van der Waals surface area contributed by atoms with Gasteiger partial charge in [-0.05, 0) is 24.1 Å². The molecule has 0 saturated heterocycles. The fourth-order valence-corrected chi connectivity index (χ4v) is 1.97. The van der Waals surface area contributed by atoms with Crippen molar-refractivity contribution in [2.24, 2.45) is 5.73 Å². The van der Waals surface area contributed by atoms with Gasteiger partial charge in [-0.3, -0.25) is 0 Å². The van der Waals surface area contributed by atoms with E-state index in [4.69, 9.17) is 11.0 Å². The van der Waals surface area contributed by atoms with E-state index < -0.39 is 0 Å². The Morgan fingerprint density at radius 2 is 2.32 bits per heavy atom. The lowest BCUT2D eigenvalue weighted by Crippen LogP contribution is -2.33. The Morgan fingerprint density at radius 1 is 1.53 bits per heavy atom. The maximum absolute atomic E-state index is 13.3. The first-order valence-corrected chi connectivity index (χ1v) is 5.98. The molecule has 1 aromatic carbocycles. The number of halogens is 1. The smallest absolute Gasteiger partial charge is 0.252 e. The van der Waals surface area contributed by atoms with E-state index in [1.165, 1.54) is 23.1 Å². The minimum absolute atomic E-state index is 0.0738. The molecule has 0 saturated carbocycles. The van der Waals surface area contributed by atoms with Crippen LogP contribution in [0, 0.1) is 17.1 Å². The Bertz CT molecular complexity index is 601. The first-order valence-electron chi connectivity index (χ1n) is 5.98. The minimum atomic E-state index is -0.338. The predicted molar refractivity (Wildman–Crippen MR) is 67.5 cm³/mol. The van der Waals surface area contributed by atoms with Gasteiger partial charge in [0, 0.05) is 6.04 Å². The van der Waals surface area contributed by atoms with Gasteiger partial charge in [0.1, 0.15) is 18.2 Å². The van der Waals surface area contributed by atoms with Crippen LogP contribution in [0.1, 0.15) is 30.8 Å². The van der Waals surface area contributed by atoms with Crippen LogP contribution in [-0.4, -0.2) is 20.8 Å². The van der Waals surface area contributed by atoms with Crippen LogP contribution in [0.5, 0.6) is 0 Å². The zero-order chi connectivity index (χ0) is 13.8. The first kappa shape index (κ1) is 13.2. The summed E-state index contributed by atoms with van der Waals surface area (Å²) in [5.74, 6) is -0.254. The van der Waals surface area contributed by atoms with E-state index in [1.807, 2.05) is 13.0 Å². The van der Waals surface area contributed by atoms with Crippen molar-refractivity contribution < 1.29 is 4.39 Å². The maximum Gasteiger partial charge on any atom is 0.252 e. The molecule has 0 aliphatic rings. The monoisotopic (exact) mass is 259 g/mol. The molecule has 2 atom stereocenters. The molecule has 98 valence electrons. The van der Waals surface area contributed by atoms with Crippen molar-refractivity contribution >= 4 is 0 Å². The van der Waals surface area contributed by atoms with Crippen molar-refractivity contribution in [3.8, 4) is 6.07 Å². The second kappa shape index (κ2) is 5.59. The highest BCUT2D eigenvalue weighted by Crippen LogP contribution is 2.22. The van der Waals surface area contributed by atoms with Crippen molar-refractivity contribution in [1.29, 1.82) is 5.26 Å². The van der Waals surface area contributed by atoms with E-state index in [1.54, 1.807) is 12.1 Å². The summed E-state index contributed by atoms with van der Waals surface area (Å²) < 4.78 is 14.9. The van der Waals surface area contributed by atoms with E-state index in [9.17, 15) is 4.39 Å². The van der Waals surface area contributed by atoms with E-state index in [2.05, 4.69) is 10.1 Å². The van der Waals surface area contributed by atoms with Gasteiger partial charge in [0.25, 0.3) is 5.82 Å². The predicted octanol–water partition coefficient (Wildman–Crippen LogP) is 1.62. The van der Waals surface area contributed by atoms with Crippen molar-refractivity contribution in [1.82, 2.24) is 14.8 Å². The summed E-state index contributed by atoms with van der Waals surface area (Å²) in [5.41, 5.74) is 6.80. The van der Waals surface area contributed by atoms with Gasteiger partial charge in [-0.15, -0.1) is 5.10 Å². The average Bonchev–Trinajstić information content (AvgIpc) is 2.87. The molecule has 1 heterocycles. The molecule has 2 aromatic rings. The average molecular weight is 259 g/mol. The summed E-state index contributed by atoms with van der Waals surface area (Å²) in [6, 6.07) is 7.50. The molecule has 0 spiro atoms. The highest BCUT2D eigenvalue weighted by atomic mass is 19.1. The first-order chi connectivity index (χ1) is 9.15. The summed E-state index contributed by atoms with van der Waals surface area (Å²) in [5, 5.41) is 12.8. The van der Waals surface area contributed by atoms with Crippen LogP contribution in [-0.2, 0) is 0 Å². The summed E-state index contributed by atoms with van der Waals surface area (Å²) in [6.07, 6.45) is 2.15. The van der Waals surface area contributed by atoms with E-state index in [-0.39, 0.29) is 23.7 Å². The standard InChI is InChI=1S/C13H14FN5/c1-2-11(16)13(9-4-3-5-10(14)6-9)19-8-17-12(7-15)18-19/h3-6,8,11,13H,2,16H2,1H3. The number of hydrogen-bond donors (Lipinski definition) is 1. The molecular formula is C13H14FN5. The molecular weight excluding hydrogens is 245 g/mol. The van der Waals surface area contributed by atoms with E-state index >= 15 is 0 Å². The van der Waals surface area contributed by atoms with Gasteiger partial charge in [0.05, 0.1) is 6.04 Å². The Kier molecular flexibility index (Phi) is 3.88. The van der Waals surface area contributed by atoms with Gasteiger partial charge in [0.15, 0.2) is 0 Å². The van der Waals surface area contributed by atoms with Gasteiger partial charge in [0.2, 0.25) is 0 Å². The van der Waals surface area contributed by atoms with Crippen molar-refractivity contribution in [3.63, 3.8) is 0 Å². The Labute approximate surface area is 110 Å². The zero-order valence-electron chi connectivity index (χ0n) is 10.5.